The van der Waals surface area contributed by atoms with E-state index in [2.05, 4.69) is 20.9 Å². The fourth-order valence-electron chi connectivity index (χ4n) is 2.04. The molecule has 0 spiro atoms. The monoisotopic (exact) mass is 328 g/mol. The molecule has 0 amide bonds. The van der Waals surface area contributed by atoms with E-state index in [9.17, 15) is 0 Å². The first-order chi connectivity index (χ1) is 9.63. The zero-order chi connectivity index (χ0) is 14.1. The first kappa shape index (κ1) is 12.9. The fourth-order valence-corrected chi connectivity index (χ4v) is 2.28. The molecule has 0 aliphatic rings. The van der Waals surface area contributed by atoms with Crippen LogP contribution in [0.5, 0.6) is 11.5 Å². The first-order valence-electron chi connectivity index (χ1n) is 6.22. The van der Waals surface area contributed by atoms with Crippen molar-refractivity contribution in [3.05, 3.63) is 58.7 Å². The third-order valence-electron chi connectivity index (χ3n) is 3.08. The highest BCUT2D eigenvalue weighted by Gasteiger charge is 2.06. The quantitative estimate of drug-likeness (QED) is 0.695. The predicted octanol–water partition coefficient (Wildman–Crippen LogP) is 4.68. The Morgan fingerprint density at radius 2 is 1.95 bits per heavy atom. The number of aromatic nitrogens is 1. The molecule has 1 aromatic heterocycles. The second kappa shape index (κ2) is 5.13. The third-order valence-corrected chi connectivity index (χ3v) is 3.97. The van der Waals surface area contributed by atoms with Gasteiger partial charge in [0.15, 0.2) is 0 Å². The van der Waals surface area contributed by atoms with Crippen molar-refractivity contribution in [1.82, 2.24) is 4.98 Å². The number of halogens is 1. The molecule has 1 heterocycles. The van der Waals surface area contributed by atoms with Gasteiger partial charge in [-0.2, -0.15) is 0 Å². The van der Waals surface area contributed by atoms with E-state index < -0.39 is 0 Å². The van der Waals surface area contributed by atoms with Crippen molar-refractivity contribution in [2.45, 2.75) is 6.92 Å². The molecule has 3 nitrogen and oxygen atoms in total. The molecule has 0 aliphatic heterocycles. The van der Waals surface area contributed by atoms with Gasteiger partial charge in [0.25, 0.3) is 0 Å². The number of nitrogen functional groups attached to an aromatic ring is 1. The normalized spacial score (nSPS) is 10.7. The standard InChI is InChI=1S/C16H13BrN2O/c1-10-8-12(3-5-14(10)17)20-16-6-7-19-15-9-11(18)2-4-13(15)16/h2-9H,18H2,1H3. The number of nitrogens with two attached hydrogens (primary N) is 1. The van der Waals surface area contributed by atoms with E-state index in [1.165, 1.54) is 0 Å². The van der Waals surface area contributed by atoms with Gasteiger partial charge in [-0.3, -0.25) is 4.98 Å². The Bertz CT molecular complexity index is 787. The van der Waals surface area contributed by atoms with E-state index in [0.29, 0.717) is 5.69 Å². The molecule has 3 aromatic rings. The summed E-state index contributed by atoms with van der Waals surface area (Å²) in [4.78, 5) is 4.31. The average molecular weight is 329 g/mol. The lowest BCUT2D eigenvalue weighted by atomic mass is 10.2. The summed E-state index contributed by atoms with van der Waals surface area (Å²) in [5.41, 5.74) is 8.43. The molecule has 100 valence electrons. The van der Waals surface area contributed by atoms with Gasteiger partial charge in [-0.05, 0) is 55.0 Å². The Kier molecular flexibility index (Phi) is 3.32. The lowest BCUT2D eigenvalue weighted by Gasteiger charge is -2.10. The van der Waals surface area contributed by atoms with Crippen molar-refractivity contribution in [3.8, 4) is 11.5 Å². The van der Waals surface area contributed by atoms with E-state index in [1.807, 2.05) is 49.4 Å². The number of hydrogen-bond acceptors (Lipinski definition) is 3. The highest BCUT2D eigenvalue weighted by molar-refractivity contribution is 9.10. The lowest BCUT2D eigenvalue weighted by molar-refractivity contribution is 0.487. The molecule has 2 N–H and O–H groups in total. The SMILES string of the molecule is Cc1cc(Oc2ccnc3cc(N)ccc23)ccc1Br. The summed E-state index contributed by atoms with van der Waals surface area (Å²) in [6, 6.07) is 13.4. The molecular weight excluding hydrogens is 316 g/mol. The first-order valence-corrected chi connectivity index (χ1v) is 7.01. The Morgan fingerprint density at radius 3 is 2.75 bits per heavy atom. The summed E-state index contributed by atoms with van der Waals surface area (Å²) < 4.78 is 7.03. The van der Waals surface area contributed by atoms with E-state index in [-0.39, 0.29) is 0 Å². The number of fused-ring (bicyclic) bond motifs is 1. The number of benzene rings is 2. The van der Waals surface area contributed by atoms with Crippen molar-refractivity contribution >= 4 is 32.5 Å². The van der Waals surface area contributed by atoms with Gasteiger partial charge in [-0.25, -0.2) is 0 Å². The smallest absolute Gasteiger partial charge is 0.138 e. The van der Waals surface area contributed by atoms with Crippen LogP contribution in [0.25, 0.3) is 10.9 Å². The van der Waals surface area contributed by atoms with Gasteiger partial charge in [-0.1, -0.05) is 15.9 Å². The second-order valence-corrected chi connectivity index (χ2v) is 5.45. The maximum Gasteiger partial charge on any atom is 0.138 e. The van der Waals surface area contributed by atoms with Crippen LogP contribution in [0.15, 0.2) is 53.1 Å². The van der Waals surface area contributed by atoms with Crippen LogP contribution < -0.4 is 10.5 Å². The number of anilines is 1. The largest absolute Gasteiger partial charge is 0.457 e. The van der Waals surface area contributed by atoms with Gasteiger partial charge in [0.2, 0.25) is 0 Å². The Morgan fingerprint density at radius 1 is 1.10 bits per heavy atom. The van der Waals surface area contributed by atoms with E-state index in [4.69, 9.17) is 10.5 Å². The number of nitrogens with zero attached hydrogens (tertiary/aromatic N) is 1. The summed E-state index contributed by atoms with van der Waals surface area (Å²) in [6.07, 6.45) is 1.73. The molecule has 20 heavy (non-hydrogen) atoms. The summed E-state index contributed by atoms with van der Waals surface area (Å²) in [6.45, 7) is 2.03. The van der Waals surface area contributed by atoms with Crippen LogP contribution in [0, 0.1) is 6.92 Å². The minimum Gasteiger partial charge on any atom is -0.457 e. The Balaban J connectivity index is 2.04. The van der Waals surface area contributed by atoms with Crippen LogP contribution in [0.2, 0.25) is 0 Å². The highest BCUT2D eigenvalue weighted by atomic mass is 79.9. The number of ether oxygens (including phenoxy) is 1. The number of aryl methyl sites for hydroxylation is 1. The lowest BCUT2D eigenvalue weighted by Crippen LogP contribution is -1.90. The van der Waals surface area contributed by atoms with Crippen molar-refractivity contribution < 1.29 is 4.74 Å². The summed E-state index contributed by atoms with van der Waals surface area (Å²) in [7, 11) is 0. The van der Waals surface area contributed by atoms with Crippen molar-refractivity contribution in [3.63, 3.8) is 0 Å². The van der Waals surface area contributed by atoms with Crippen LogP contribution >= 0.6 is 15.9 Å². The predicted molar refractivity (Wildman–Crippen MR) is 85.1 cm³/mol. The van der Waals surface area contributed by atoms with Crippen LogP contribution in [-0.2, 0) is 0 Å². The van der Waals surface area contributed by atoms with E-state index in [1.54, 1.807) is 6.20 Å². The van der Waals surface area contributed by atoms with Gasteiger partial charge in [0.05, 0.1) is 5.52 Å². The fraction of sp³-hybridized carbons (Fsp3) is 0.0625. The van der Waals surface area contributed by atoms with Crippen LogP contribution in [0.4, 0.5) is 5.69 Å². The van der Waals surface area contributed by atoms with E-state index in [0.717, 1.165) is 32.4 Å². The number of hydrogen-bond donors (Lipinski definition) is 1. The molecule has 0 saturated carbocycles. The Labute approximate surface area is 125 Å². The van der Waals surface area contributed by atoms with Gasteiger partial charge >= 0.3 is 0 Å². The van der Waals surface area contributed by atoms with Crippen molar-refractivity contribution in [2.24, 2.45) is 0 Å². The van der Waals surface area contributed by atoms with Gasteiger partial charge in [0, 0.05) is 21.7 Å². The number of pyridine rings is 1. The van der Waals surface area contributed by atoms with E-state index >= 15 is 0 Å². The van der Waals surface area contributed by atoms with Gasteiger partial charge in [0.1, 0.15) is 11.5 Å². The Hall–Kier alpha value is -2.07. The van der Waals surface area contributed by atoms with Crippen LogP contribution in [0.3, 0.4) is 0 Å². The number of rotatable bonds is 2. The van der Waals surface area contributed by atoms with Gasteiger partial charge < -0.3 is 10.5 Å². The molecule has 4 heteroatoms. The zero-order valence-electron chi connectivity index (χ0n) is 10.9. The topological polar surface area (TPSA) is 48.1 Å². The molecular formula is C16H13BrN2O. The molecule has 2 aromatic carbocycles. The van der Waals surface area contributed by atoms with Crippen molar-refractivity contribution in [2.75, 3.05) is 5.73 Å². The molecule has 0 atom stereocenters. The highest BCUT2D eigenvalue weighted by Crippen LogP contribution is 2.31. The molecule has 0 aliphatic carbocycles. The van der Waals surface area contributed by atoms with Crippen LogP contribution in [-0.4, -0.2) is 4.98 Å². The summed E-state index contributed by atoms with van der Waals surface area (Å²) >= 11 is 3.48. The summed E-state index contributed by atoms with van der Waals surface area (Å²) in [5, 5.41) is 0.947. The maximum atomic E-state index is 5.97. The van der Waals surface area contributed by atoms with Crippen molar-refractivity contribution in [1.29, 1.82) is 0 Å². The second-order valence-electron chi connectivity index (χ2n) is 4.60. The molecule has 3 rings (SSSR count). The average Bonchev–Trinajstić information content (AvgIpc) is 2.43. The molecule has 0 unspecified atom stereocenters. The minimum atomic E-state index is 0.696. The van der Waals surface area contributed by atoms with Gasteiger partial charge in [-0.15, -0.1) is 0 Å². The third kappa shape index (κ3) is 2.47. The zero-order valence-corrected chi connectivity index (χ0v) is 12.5. The van der Waals surface area contributed by atoms with Crippen LogP contribution in [0.1, 0.15) is 5.56 Å². The molecule has 0 radical (unpaired) electrons. The summed E-state index contributed by atoms with van der Waals surface area (Å²) in [5.74, 6) is 1.58. The molecule has 0 fully saturated rings. The minimum absolute atomic E-state index is 0.696. The molecule has 0 saturated heterocycles. The molecule has 0 bridgehead atoms. The maximum absolute atomic E-state index is 5.97.